The van der Waals surface area contributed by atoms with E-state index in [0.29, 0.717) is 17.6 Å². The van der Waals surface area contributed by atoms with Crippen LogP contribution in [0.25, 0.3) is 11.0 Å². The number of aromatic nitrogens is 2. The predicted molar refractivity (Wildman–Crippen MR) is 82.1 cm³/mol. The van der Waals surface area contributed by atoms with Crippen molar-refractivity contribution in [1.29, 1.82) is 0 Å². The Morgan fingerprint density at radius 3 is 2.79 bits per heavy atom. The van der Waals surface area contributed by atoms with Crippen LogP contribution in [0.2, 0.25) is 0 Å². The molecule has 2 aromatic rings. The lowest BCUT2D eigenvalue weighted by atomic mass is 10.3. The molecule has 9 heteroatoms. The molecule has 1 aliphatic rings. The number of para-hydroxylation sites is 2. The molecule has 0 radical (unpaired) electrons. The van der Waals surface area contributed by atoms with Gasteiger partial charge in [-0.1, -0.05) is 12.1 Å². The second-order valence-electron chi connectivity index (χ2n) is 5.11. The number of hydrogen-bond acceptors (Lipinski definition) is 6. The predicted octanol–water partition coefficient (Wildman–Crippen LogP) is -0.508. The highest BCUT2D eigenvalue weighted by Gasteiger charge is 2.26. The number of hydrogen-bond donors (Lipinski definition) is 1. The first-order valence-corrected chi connectivity index (χ1v) is 7.24. The van der Waals surface area contributed by atoms with Crippen LogP contribution >= 0.6 is 0 Å². The van der Waals surface area contributed by atoms with Gasteiger partial charge in [0.1, 0.15) is 6.54 Å². The number of benzene rings is 1. The fourth-order valence-electron chi connectivity index (χ4n) is 2.38. The number of fused-ring (bicyclic) bond motifs is 1. The van der Waals surface area contributed by atoms with Crippen molar-refractivity contribution < 1.29 is 19.1 Å². The van der Waals surface area contributed by atoms with Gasteiger partial charge < -0.3 is 10.1 Å². The number of nitrogens with one attached hydrogen (secondary N) is 1. The first-order valence-electron chi connectivity index (χ1n) is 7.24. The first kappa shape index (κ1) is 15.7. The Morgan fingerprint density at radius 1 is 1.25 bits per heavy atom. The second-order valence-corrected chi connectivity index (χ2v) is 5.11. The molecule has 0 saturated carbocycles. The minimum Gasteiger partial charge on any atom is -0.454 e. The monoisotopic (exact) mass is 330 g/mol. The fraction of sp³-hybridized carbons (Fsp3) is 0.267. The molecule has 9 nitrogen and oxygen atoms in total. The van der Waals surface area contributed by atoms with Crippen molar-refractivity contribution in [2.75, 3.05) is 19.7 Å². The quantitative estimate of drug-likeness (QED) is 0.756. The number of ether oxygens (including phenoxy) is 1. The van der Waals surface area contributed by atoms with E-state index in [1.807, 2.05) is 0 Å². The third kappa shape index (κ3) is 3.09. The van der Waals surface area contributed by atoms with Gasteiger partial charge in [0.05, 0.1) is 17.2 Å². The van der Waals surface area contributed by atoms with Crippen LogP contribution in [0.3, 0.4) is 0 Å². The van der Waals surface area contributed by atoms with Gasteiger partial charge in [-0.25, -0.2) is 9.78 Å². The molecule has 1 saturated heterocycles. The third-order valence-electron chi connectivity index (χ3n) is 3.55. The van der Waals surface area contributed by atoms with Crippen molar-refractivity contribution in [2.24, 2.45) is 0 Å². The third-order valence-corrected chi connectivity index (χ3v) is 3.55. The topological polar surface area (TPSA) is 111 Å². The molecule has 2 heterocycles. The van der Waals surface area contributed by atoms with Gasteiger partial charge in [-0.15, -0.1) is 0 Å². The van der Waals surface area contributed by atoms with E-state index in [1.54, 1.807) is 24.3 Å². The fourth-order valence-corrected chi connectivity index (χ4v) is 2.38. The van der Waals surface area contributed by atoms with E-state index >= 15 is 0 Å². The van der Waals surface area contributed by atoms with Crippen LogP contribution in [0, 0.1) is 0 Å². The molecule has 1 aromatic carbocycles. The molecule has 0 aliphatic carbocycles. The van der Waals surface area contributed by atoms with Crippen LogP contribution in [0.5, 0.6) is 0 Å². The summed E-state index contributed by atoms with van der Waals surface area (Å²) in [5.41, 5.74) is 0.609. The maximum Gasteiger partial charge on any atom is 0.326 e. The lowest BCUT2D eigenvalue weighted by Crippen LogP contribution is -2.37. The van der Waals surface area contributed by atoms with Gasteiger partial charge in [0.15, 0.2) is 6.61 Å². The zero-order valence-electron chi connectivity index (χ0n) is 12.6. The maximum absolute atomic E-state index is 11.9. The van der Waals surface area contributed by atoms with Crippen molar-refractivity contribution >= 4 is 28.9 Å². The van der Waals surface area contributed by atoms with E-state index in [2.05, 4.69) is 10.3 Å². The van der Waals surface area contributed by atoms with Crippen LogP contribution < -0.4 is 10.9 Å². The van der Waals surface area contributed by atoms with Gasteiger partial charge in [0, 0.05) is 13.1 Å². The molecule has 1 aromatic heterocycles. The maximum atomic E-state index is 11.9. The van der Waals surface area contributed by atoms with E-state index in [0.717, 1.165) is 11.1 Å². The standard InChI is InChI=1S/C15H14N4O5/c20-12-7-17-10-3-1-2-4-11(10)19(12)8-14(22)24-9-13(21)18-6-5-16-15(18)23/h1-4,7H,5-6,8-9H2,(H,16,23). The number of amides is 3. The summed E-state index contributed by atoms with van der Waals surface area (Å²) in [5.74, 6) is -1.35. The molecule has 3 amide bonds. The highest BCUT2D eigenvalue weighted by Crippen LogP contribution is 2.08. The SMILES string of the molecule is O=C(Cn1c(=O)cnc2ccccc21)OCC(=O)N1CCNC1=O. The van der Waals surface area contributed by atoms with Gasteiger partial charge in [-0.05, 0) is 12.1 Å². The molecule has 24 heavy (non-hydrogen) atoms. The number of esters is 1. The molecule has 1 aliphatic heterocycles. The van der Waals surface area contributed by atoms with Crippen LogP contribution in [0.15, 0.2) is 35.3 Å². The molecule has 1 N–H and O–H groups in total. The summed E-state index contributed by atoms with van der Waals surface area (Å²) in [6.07, 6.45) is 1.12. The molecular formula is C15H14N4O5. The molecule has 0 atom stereocenters. The zero-order valence-corrected chi connectivity index (χ0v) is 12.6. The summed E-state index contributed by atoms with van der Waals surface area (Å²) < 4.78 is 6.10. The molecular weight excluding hydrogens is 316 g/mol. The van der Waals surface area contributed by atoms with Crippen LogP contribution in [-0.4, -0.2) is 52.1 Å². The summed E-state index contributed by atoms with van der Waals surface area (Å²) in [6, 6.07) is 6.36. The number of carbonyl (C=O) groups is 3. The second kappa shape index (κ2) is 6.49. The summed E-state index contributed by atoms with van der Waals surface area (Å²) >= 11 is 0. The molecule has 3 rings (SSSR count). The zero-order chi connectivity index (χ0) is 17.1. The lowest BCUT2D eigenvalue weighted by Gasteiger charge is -2.13. The smallest absolute Gasteiger partial charge is 0.326 e. The Kier molecular flexibility index (Phi) is 4.23. The Morgan fingerprint density at radius 2 is 2.04 bits per heavy atom. The number of rotatable bonds is 4. The normalized spacial score (nSPS) is 13.8. The van der Waals surface area contributed by atoms with E-state index in [-0.39, 0.29) is 13.1 Å². The van der Waals surface area contributed by atoms with Crippen molar-refractivity contribution in [3.63, 3.8) is 0 Å². The lowest BCUT2D eigenvalue weighted by molar-refractivity contribution is -0.151. The van der Waals surface area contributed by atoms with E-state index < -0.39 is 30.1 Å². The summed E-state index contributed by atoms with van der Waals surface area (Å²) in [5, 5.41) is 2.48. The van der Waals surface area contributed by atoms with Crippen LogP contribution in [0.1, 0.15) is 0 Å². The Balaban J connectivity index is 1.67. The van der Waals surface area contributed by atoms with Gasteiger partial charge in [0.25, 0.3) is 11.5 Å². The Hall–Kier alpha value is -3.23. The Labute approximate surface area is 135 Å². The minimum absolute atomic E-state index is 0.240. The van der Waals surface area contributed by atoms with Crippen molar-refractivity contribution in [3.05, 3.63) is 40.8 Å². The summed E-state index contributed by atoms with van der Waals surface area (Å²) in [4.78, 5) is 52.0. The van der Waals surface area contributed by atoms with Crippen molar-refractivity contribution in [2.45, 2.75) is 6.54 Å². The number of carbonyl (C=O) groups excluding carboxylic acids is 3. The highest BCUT2D eigenvalue weighted by atomic mass is 16.5. The molecule has 0 unspecified atom stereocenters. The van der Waals surface area contributed by atoms with Gasteiger partial charge in [-0.3, -0.25) is 23.9 Å². The van der Waals surface area contributed by atoms with Gasteiger partial charge >= 0.3 is 12.0 Å². The van der Waals surface area contributed by atoms with Gasteiger partial charge in [-0.2, -0.15) is 0 Å². The summed E-state index contributed by atoms with van der Waals surface area (Å²) in [6.45, 7) is -0.286. The molecule has 0 bridgehead atoms. The Bertz CT molecular complexity index is 876. The number of urea groups is 1. The summed E-state index contributed by atoms with van der Waals surface area (Å²) in [7, 11) is 0. The van der Waals surface area contributed by atoms with Crippen LogP contribution in [-0.2, 0) is 20.9 Å². The van der Waals surface area contributed by atoms with Crippen LogP contribution in [0.4, 0.5) is 4.79 Å². The van der Waals surface area contributed by atoms with E-state index in [1.165, 1.54) is 4.57 Å². The van der Waals surface area contributed by atoms with Crippen molar-refractivity contribution in [3.8, 4) is 0 Å². The molecule has 0 spiro atoms. The van der Waals surface area contributed by atoms with E-state index in [4.69, 9.17) is 4.74 Å². The largest absolute Gasteiger partial charge is 0.454 e. The number of imide groups is 1. The highest BCUT2D eigenvalue weighted by molar-refractivity contribution is 5.97. The number of nitrogens with zero attached hydrogens (tertiary/aromatic N) is 3. The average molecular weight is 330 g/mol. The first-order chi connectivity index (χ1) is 11.6. The van der Waals surface area contributed by atoms with Gasteiger partial charge in [0.2, 0.25) is 0 Å². The van der Waals surface area contributed by atoms with E-state index in [9.17, 15) is 19.2 Å². The molecule has 1 fully saturated rings. The average Bonchev–Trinajstić information content (AvgIpc) is 3.01. The minimum atomic E-state index is -0.749. The molecule has 124 valence electrons. The van der Waals surface area contributed by atoms with Crippen molar-refractivity contribution in [1.82, 2.24) is 19.8 Å².